The van der Waals surface area contributed by atoms with Gasteiger partial charge in [0.15, 0.2) is 0 Å². The Bertz CT molecular complexity index is 961. The van der Waals surface area contributed by atoms with E-state index >= 15 is 0 Å². The second kappa shape index (κ2) is 8.12. The molecule has 146 valence electrons. The number of carbonyl (C=O) groups excluding carboxylic acids is 1. The summed E-state index contributed by atoms with van der Waals surface area (Å²) < 4.78 is 2.03. The molecule has 2 N–H and O–H groups in total. The number of nitrogens with one attached hydrogen (secondary N) is 2. The maximum atomic E-state index is 12.8. The van der Waals surface area contributed by atoms with Gasteiger partial charge in [-0.05, 0) is 23.3 Å². The molecule has 0 radical (unpaired) electrons. The minimum Gasteiger partial charge on any atom is -0.348 e. The van der Waals surface area contributed by atoms with Crippen molar-refractivity contribution in [3.8, 4) is 0 Å². The van der Waals surface area contributed by atoms with Gasteiger partial charge in [-0.15, -0.1) is 0 Å². The fourth-order valence-electron chi connectivity index (χ4n) is 4.07. The Hall–Kier alpha value is -2.70. The lowest BCUT2D eigenvalue weighted by molar-refractivity contribution is -0.123. The number of carbonyl (C=O) groups is 1. The summed E-state index contributed by atoms with van der Waals surface area (Å²) in [6, 6.07) is 14.6. The van der Waals surface area contributed by atoms with Gasteiger partial charge in [0, 0.05) is 39.1 Å². The third-order valence-corrected chi connectivity index (χ3v) is 5.52. The van der Waals surface area contributed by atoms with Gasteiger partial charge in [-0.3, -0.25) is 9.69 Å². The van der Waals surface area contributed by atoms with Gasteiger partial charge in [-0.2, -0.15) is 0 Å². The predicted octanol–water partition coefficient (Wildman–Crippen LogP) is 2.40. The first-order valence-corrected chi connectivity index (χ1v) is 9.82. The van der Waals surface area contributed by atoms with E-state index in [0.717, 1.165) is 31.0 Å². The first-order chi connectivity index (χ1) is 13.6. The largest absolute Gasteiger partial charge is 0.348 e. The highest BCUT2D eigenvalue weighted by atomic mass is 16.2. The number of aromatic nitrogens is 2. The van der Waals surface area contributed by atoms with Gasteiger partial charge in [-0.25, -0.2) is 4.98 Å². The van der Waals surface area contributed by atoms with Crippen LogP contribution in [0.2, 0.25) is 0 Å². The standard InChI is InChI=1S/C22H27N5O/c1-16(18-9-5-7-17-6-3-4-8-19(17)18)25-21(28)15-27-13-10-23-14-20(27)22-24-11-12-26(22)2/h3-9,11-12,16,20,23H,10,13-15H2,1-2H3,(H,25,28). The summed E-state index contributed by atoms with van der Waals surface area (Å²) in [5.41, 5.74) is 1.15. The Kier molecular flexibility index (Phi) is 5.41. The van der Waals surface area contributed by atoms with Crippen molar-refractivity contribution in [1.29, 1.82) is 0 Å². The maximum absolute atomic E-state index is 12.8. The van der Waals surface area contributed by atoms with Gasteiger partial charge in [0.25, 0.3) is 0 Å². The van der Waals surface area contributed by atoms with Crippen LogP contribution in [0, 0.1) is 0 Å². The van der Waals surface area contributed by atoms with E-state index in [1.165, 1.54) is 10.8 Å². The molecule has 0 aliphatic carbocycles. The Balaban J connectivity index is 1.46. The molecule has 4 rings (SSSR count). The molecular formula is C22H27N5O. The van der Waals surface area contributed by atoms with Gasteiger partial charge in [0.1, 0.15) is 5.82 Å². The third-order valence-electron chi connectivity index (χ3n) is 5.52. The second-order valence-electron chi connectivity index (χ2n) is 7.44. The summed E-state index contributed by atoms with van der Waals surface area (Å²) >= 11 is 0. The van der Waals surface area contributed by atoms with Crippen LogP contribution in [0.25, 0.3) is 10.8 Å². The van der Waals surface area contributed by atoms with Crippen molar-refractivity contribution in [2.24, 2.45) is 7.05 Å². The number of hydrogen-bond donors (Lipinski definition) is 2. The summed E-state index contributed by atoms with van der Waals surface area (Å²) in [6.07, 6.45) is 3.76. The summed E-state index contributed by atoms with van der Waals surface area (Å²) in [4.78, 5) is 19.5. The van der Waals surface area contributed by atoms with Crippen molar-refractivity contribution in [3.05, 3.63) is 66.2 Å². The summed E-state index contributed by atoms with van der Waals surface area (Å²) in [7, 11) is 2.00. The van der Waals surface area contributed by atoms with Crippen LogP contribution in [0.4, 0.5) is 0 Å². The number of rotatable bonds is 5. The fourth-order valence-corrected chi connectivity index (χ4v) is 4.07. The maximum Gasteiger partial charge on any atom is 0.234 e. The molecule has 1 aliphatic heterocycles. The average Bonchev–Trinajstić information content (AvgIpc) is 3.13. The molecule has 1 amide bonds. The molecule has 2 unspecified atom stereocenters. The Labute approximate surface area is 165 Å². The van der Waals surface area contributed by atoms with Gasteiger partial charge in [-0.1, -0.05) is 42.5 Å². The Morgan fingerprint density at radius 2 is 2.11 bits per heavy atom. The number of fused-ring (bicyclic) bond motifs is 1. The lowest BCUT2D eigenvalue weighted by Gasteiger charge is -2.35. The number of hydrogen-bond acceptors (Lipinski definition) is 4. The van der Waals surface area contributed by atoms with Crippen LogP contribution in [0.15, 0.2) is 54.9 Å². The Morgan fingerprint density at radius 1 is 1.29 bits per heavy atom. The van der Waals surface area contributed by atoms with Gasteiger partial charge < -0.3 is 15.2 Å². The molecule has 6 heteroatoms. The topological polar surface area (TPSA) is 62.2 Å². The predicted molar refractivity (Wildman–Crippen MR) is 111 cm³/mol. The summed E-state index contributed by atoms with van der Waals surface area (Å²) in [5.74, 6) is 1.03. The molecule has 2 atom stereocenters. The molecule has 0 spiro atoms. The van der Waals surface area contributed by atoms with E-state index in [2.05, 4.69) is 44.8 Å². The zero-order valence-corrected chi connectivity index (χ0v) is 16.4. The van der Waals surface area contributed by atoms with Crippen LogP contribution in [0.3, 0.4) is 0 Å². The van der Waals surface area contributed by atoms with Crippen LogP contribution in [-0.4, -0.2) is 46.5 Å². The first-order valence-electron chi connectivity index (χ1n) is 9.82. The SMILES string of the molecule is CC(NC(=O)CN1CCNCC1c1nccn1C)c1cccc2ccccc12. The lowest BCUT2D eigenvalue weighted by atomic mass is 9.99. The van der Waals surface area contributed by atoms with E-state index in [1.807, 2.05) is 49.1 Å². The van der Waals surface area contributed by atoms with E-state index in [9.17, 15) is 4.79 Å². The van der Waals surface area contributed by atoms with Gasteiger partial charge >= 0.3 is 0 Å². The number of aryl methyl sites for hydroxylation is 1. The zero-order valence-electron chi connectivity index (χ0n) is 16.4. The van der Waals surface area contributed by atoms with Crippen molar-refractivity contribution in [1.82, 2.24) is 25.1 Å². The highest BCUT2D eigenvalue weighted by Crippen LogP contribution is 2.24. The van der Waals surface area contributed by atoms with Crippen LogP contribution in [-0.2, 0) is 11.8 Å². The van der Waals surface area contributed by atoms with E-state index in [-0.39, 0.29) is 18.0 Å². The molecular weight excluding hydrogens is 350 g/mol. The monoisotopic (exact) mass is 377 g/mol. The number of nitrogens with zero attached hydrogens (tertiary/aromatic N) is 3. The molecule has 1 saturated heterocycles. The van der Waals surface area contributed by atoms with Crippen molar-refractivity contribution >= 4 is 16.7 Å². The Morgan fingerprint density at radius 3 is 2.93 bits per heavy atom. The number of benzene rings is 2. The van der Waals surface area contributed by atoms with E-state index in [1.54, 1.807) is 0 Å². The number of amides is 1. The van der Waals surface area contributed by atoms with Crippen LogP contribution in [0.5, 0.6) is 0 Å². The molecule has 6 nitrogen and oxygen atoms in total. The molecule has 28 heavy (non-hydrogen) atoms. The third kappa shape index (κ3) is 3.79. The van der Waals surface area contributed by atoms with Crippen molar-refractivity contribution in [2.75, 3.05) is 26.2 Å². The van der Waals surface area contributed by atoms with E-state index < -0.39 is 0 Å². The molecule has 2 heterocycles. The average molecular weight is 377 g/mol. The van der Waals surface area contributed by atoms with Crippen molar-refractivity contribution < 1.29 is 4.79 Å². The molecule has 1 aliphatic rings. The molecule has 1 aromatic heterocycles. The first kappa shape index (κ1) is 18.7. The molecule has 3 aromatic rings. The molecule has 0 bridgehead atoms. The second-order valence-corrected chi connectivity index (χ2v) is 7.44. The normalized spacial score (nSPS) is 18.9. The zero-order chi connectivity index (χ0) is 19.5. The lowest BCUT2D eigenvalue weighted by Crippen LogP contribution is -2.50. The number of imidazole rings is 1. The van der Waals surface area contributed by atoms with Crippen molar-refractivity contribution in [2.45, 2.75) is 19.0 Å². The van der Waals surface area contributed by atoms with E-state index in [4.69, 9.17) is 0 Å². The highest BCUT2D eigenvalue weighted by Gasteiger charge is 2.28. The molecule has 2 aromatic carbocycles. The highest BCUT2D eigenvalue weighted by molar-refractivity contribution is 5.87. The van der Waals surface area contributed by atoms with Crippen molar-refractivity contribution in [3.63, 3.8) is 0 Å². The molecule has 0 saturated carbocycles. The quantitative estimate of drug-likeness (QED) is 0.717. The van der Waals surface area contributed by atoms with E-state index in [0.29, 0.717) is 6.54 Å². The minimum absolute atomic E-state index is 0.0431. The van der Waals surface area contributed by atoms with Gasteiger partial charge in [0.05, 0.1) is 18.6 Å². The van der Waals surface area contributed by atoms with Gasteiger partial charge in [0.2, 0.25) is 5.91 Å². The summed E-state index contributed by atoms with van der Waals surface area (Å²) in [5, 5.41) is 8.98. The van der Waals surface area contributed by atoms with Crippen LogP contribution < -0.4 is 10.6 Å². The smallest absolute Gasteiger partial charge is 0.234 e. The van der Waals surface area contributed by atoms with Crippen LogP contribution in [0.1, 0.15) is 30.4 Å². The molecule has 1 fully saturated rings. The minimum atomic E-state index is -0.0480. The number of piperazine rings is 1. The van der Waals surface area contributed by atoms with Crippen LogP contribution >= 0.6 is 0 Å². The fraction of sp³-hybridized carbons (Fsp3) is 0.364. The summed E-state index contributed by atoms with van der Waals surface area (Å²) in [6.45, 7) is 4.93.